The lowest BCUT2D eigenvalue weighted by Gasteiger charge is -2.15. The largest absolute Gasteiger partial charge is 0.508 e. The van der Waals surface area contributed by atoms with Crippen molar-refractivity contribution < 1.29 is 14.6 Å². The number of hydrogen-bond donors (Lipinski definition) is 2. The maximum absolute atomic E-state index is 9.44. The van der Waals surface area contributed by atoms with Crippen LogP contribution in [-0.2, 0) is 6.61 Å². The van der Waals surface area contributed by atoms with E-state index in [4.69, 9.17) is 15.2 Å². The molecule has 2 rings (SSSR count). The van der Waals surface area contributed by atoms with Crippen molar-refractivity contribution in [2.24, 2.45) is 5.73 Å². The van der Waals surface area contributed by atoms with Gasteiger partial charge < -0.3 is 20.3 Å². The van der Waals surface area contributed by atoms with E-state index in [1.54, 1.807) is 25.3 Å². The van der Waals surface area contributed by atoms with Gasteiger partial charge in [0.2, 0.25) is 0 Å². The molecule has 0 radical (unpaired) electrons. The molecule has 2 aromatic carbocycles. The highest BCUT2D eigenvalue weighted by atomic mass is 16.5. The fourth-order valence-electron chi connectivity index (χ4n) is 1.95. The SMILES string of the molecule is COc1ccc(C(C)N)c(OCc2cccc(O)c2)c1. The molecule has 0 saturated heterocycles. The summed E-state index contributed by atoms with van der Waals surface area (Å²) in [7, 11) is 1.61. The summed E-state index contributed by atoms with van der Waals surface area (Å²) in [6.45, 7) is 2.27. The molecule has 0 heterocycles. The number of methoxy groups -OCH3 is 1. The van der Waals surface area contributed by atoms with Crippen LogP contribution in [0.2, 0.25) is 0 Å². The van der Waals surface area contributed by atoms with Gasteiger partial charge in [0.25, 0.3) is 0 Å². The quantitative estimate of drug-likeness (QED) is 0.879. The summed E-state index contributed by atoms with van der Waals surface area (Å²) in [5.74, 6) is 1.65. The lowest BCUT2D eigenvalue weighted by atomic mass is 10.1. The molecule has 1 atom stereocenters. The van der Waals surface area contributed by atoms with Crippen LogP contribution in [0.4, 0.5) is 0 Å². The first-order valence-electron chi connectivity index (χ1n) is 6.44. The van der Waals surface area contributed by atoms with Gasteiger partial charge in [-0.25, -0.2) is 0 Å². The standard InChI is InChI=1S/C16H19NO3/c1-11(17)15-7-6-14(19-2)9-16(15)20-10-12-4-3-5-13(18)8-12/h3-9,11,18H,10,17H2,1-2H3. The summed E-state index contributed by atoms with van der Waals surface area (Å²) in [5.41, 5.74) is 7.75. The maximum Gasteiger partial charge on any atom is 0.128 e. The topological polar surface area (TPSA) is 64.7 Å². The van der Waals surface area contributed by atoms with Crippen LogP contribution in [0.3, 0.4) is 0 Å². The normalized spacial score (nSPS) is 11.9. The molecule has 2 aromatic rings. The van der Waals surface area contributed by atoms with Crippen molar-refractivity contribution in [1.29, 1.82) is 0 Å². The Balaban J connectivity index is 2.19. The van der Waals surface area contributed by atoms with E-state index in [1.807, 2.05) is 31.2 Å². The Morgan fingerprint density at radius 3 is 2.65 bits per heavy atom. The molecule has 0 aromatic heterocycles. The first-order valence-corrected chi connectivity index (χ1v) is 6.44. The minimum Gasteiger partial charge on any atom is -0.508 e. The smallest absolute Gasteiger partial charge is 0.128 e. The summed E-state index contributed by atoms with van der Waals surface area (Å²) < 4.78 is 11.0. The van der Waals surface area contributed by atoms with Gasteiger partial charge in [0.05, 0.1) is 7.11 Å². The first-order chi connectivity index (χ1) is 9.60. The van der Waals surface area contributed by atoms with Crippen LogP contribution >= 0.6 is 0 Å². The van der Waals surface area contributed by atoms with Crippen LogP contribution in [0.5, 0.6) is 17.2 Å². The third-order valence-electron chi connectivity index (χ3n) is 3.02. The molecule has 3 N–H and O–H groups in total. The van der Waals surface area contributed by atoms with E-state index in [0.717, 1.165) is 16.9 Å². The van der Waals surface area contributed by atoms with Crippen molar-refractivity contribution in [3.63, 3.8) is 0 Å². The molecule has 0 aliphatic heterocycles. The van der Waals surface area contributed by atoms with Crippen molar-refractivity contribution in [2.45, 2.75) is 19.6 Å². The van der Waals surface area contributed by atoms with E-state index in [-0.39, 0.29) is 11.8 Å². The van der Waals surface area contributed by atoms with Crippen LogP contribution in [0.25, 0.3) is 0 Å². The van der Waals surface area contributed by atoms with Gasteiger partial charge in [-0.2, -0.15) is 0 Å². The minimum atomic E-state index is -0.125. The number of hydrogen-bond acceptors (Lipinski definition) is 4. The monoisotopic (exact) mass is 273 g/mol. The molecule has 1 unspecified atom stereocenters. The zero-order valence-corrected chi connectivity index (χ0v) is 11.7. The molecule has 4 nitrogen and oxygen atoms in total. The lowest BCUT2D eigenvalue weighted by molar-refractivity contribution is 0.298. The van der Waals surface area contributed by atoms with Crippen LogP contribution in [0, 0.1) is 0 Å². The summed E-state index contributed by atoms with van der Waals surface area (Å²) >= 11 is 0. The second-order valence-corrected chi connectivity index (χ2v) is 4.65. The van der Waals surface area contributed by atoms with Crippen LogP contribution in [-0.4, -0.2) is 12.2 Å². The van der Waals surface area contributed by atoms with Gasteiger partial charge in [0.15, 0.2) is 0 Å². The van der Waals surface area contributed by atoms with E-state index in [0.29, 0.717) is 12.4 Å². The van der Waals surface area contributed by atoms with Crippen LogP contribution in [0.15, 0.2) is 42.5 Å². The summed E-state index contributed by atoms with van der Waals surface area (Å²) in [4.78, 5) is 0. The Labute approximate surface area is 118 Å². The highest BCUT2D eigenvalue weighted by Crippen LogP contribution is 2.29. The summed E-state index contributed by atoms with van der Waals surface area (Å²) in [6, 6.07) is 12.4. The van der Waals surface area contributed by atoms with E-state index in [2.05, 4.69) is 0 Å². The zero-order chi connectivity index (χ0) is 14.5. The zero-order valence-electron chi connectivity index (χ0n) is 11.7. The van der Waals surface area contributed by atoms with Crippen molar-refractivity contribution in [1.82, 2.24) is 0 Å². The third kappa shape index (κ3) is 3.42. The molecule has 20 heavy (non-hydrogen) atoms. The number of rotatable bonds is 5. The van der Waals surface area contributed by atoms with E-state index in [1.165, 1.54) is 0 Å². The van der Waals surface area contributed by atoms with Crippen LogP contribution in [0.1, 0.15) is 24.1 Å². The second-order valence-electron chi connectivity index (χ2n) is 4.65. The first kappa shape index (κ1) is 14.2. The highest BCUT2D eigenvalue weighted by Gasteiger charge is 2.10. The van der Waals surface area contributed by atoms with Crippen molar-refractivity contribution >= 4 is 0 Å². The Bertz CT molecular complexity index is 582. The number of phenolic OH excluding ortho intramolecular Hbond substituents is 1. The molecular weight excluding hydrogens is 254 g/mol. The van der Waals surface area contributed by atoms with Gasteiger partial charge in [0.1, 0.15) is 23.9 Å². The summed E-state index contributed by atoms with van der Waals surface area (Å²) in [5, 5.41) is 9.44. The number of nitrogens with two attached hydrogens (primary N) is 1. The molecule has 0 aliphatic carbocycles. The van der Waals surface area contributed by atoms with Gasteiger partial charge in [0, 0.05) is 17.7 Å². The van der Waals surface area contributed by atoms with E-state index in [9.17, 15) is 5.11 Å². The Kier molecular flexibility index (Phi) is 4.48. The maximum atomic E-state index is 9.44. The molecule has 106 valence electrons. The van der Waals surface area contributed by atoms with Crippen LogP contribution < -0.4 is 15.2 Å². The molecule has 0 saturated carbocycles. The predicted molar refractivity (Wildman–Crippen MR) is 78.0 cm³/mol. The average Bonchev–Trinajstić information content (AvgIpc) is 2.44. The van der Waals surface area contributed by atoms with E-state index < -0.39 is 0 Å². The molecule has 0 aliphatic rings. The Morgan fingerprint density at radius 1 is 1.20 bits per heavy atom. The molecule has 0 amide bonds. The van der Waals surface area contributed by atoms with Crippen molar-refractivity contribution in [2.75, 3.05) is 7.11 Å². The third-order valence-corrected chi connectivity index (χ3v) is 3.02. The molecule has 0 fully saturated rings. The van der Waals surface area contributed by atoms with Crippen molar-refractivity contribution in [3.05, 3.63) is 53.6 Å². The average molecular weight is 273 g/mol. The van der Waals surface area contributed by atoms with Gasteiger partial charge >= 0.3 is 0 Å². The fraction of sp³-hybridized carbons (Fsp3) is 0.250. The number of aromatic hydroxyl groups is 1. The Hall–Kier alpha value is -2.20. The number of ether oxygens (including phenoxy) is 2. The second kappa shape index (κ2) is 6.30. The van der Waals surface area contributed by atoms with Gasteiger partial charge in [-0.15, -0.1) is 0 Å². The van der Waals surface area contributed by atoms with E-state index >= 15 is 0 Å². The summed E-state index contributed by atoms with van der Waals surface area (Å²) in [6.07, 6.45) is 0. The number of benzene rings is 2. The molecule has 4 heteroatoms. The van der Waals surface area contributed by atoms with Crippen molar-refractivity contribution in [3.8, 4) is 17.2 Å². The van der Waals surface area contributed by atoms with Gasteiger partial charge in [-0.3, -0.25) is 0 Å². The Morgan fingerprint density at radius 2 is 2.00 bits per heavy atom. The highest BCUT2D eigenvalue weighted by molar-refractivity contribution is 5.42. The molecule has 0 spiro atoms. The van der Waals surface area contributed by atoms with Gasteiger partial charge in [-0.1, -0.05) is 18.2 Å². The molecular formula is C16H19NO3. The predicted octanol–water partition coefficient (Wildman–Crippen LogP) is 3.00. The minimum absolute atomic E-state index is 0.125. The number of phenols is 1. The lowest BCUT2D eigenvalue weighted by Crippen LogP contribution is -2.08. The fourth-order valence-corrected chi connectivity index (χ4v) is 1.95. The molecule has 0 bridgehead atoms. The van der Waals surface area contributed by atoms with Gasteiger partial charge in [-0.05, 0) is 30.7 Å².